The average molecular weight is 277 g/mol. The molecule has 3 aromatic rings. The maximum atomic E-state index is 14.3. The minimum atomic E-state index is -0.154. The van der Waals surface area contributed by atoms with Crippen LogP contribution in [-0.4, -0.2) is 4.98 Å². The molecular weight excluding hydrogens is 261 g/mol. The minimum Gasteiger partial charge on any atom is -0.256 e. The van der Waals surface area contributed by atoms with Gasteiger partial charge in [0.1, 0.15) is 5.83 Å². The van der Waals surface area contributed by atoms with Gasteiger partial charge in [0, 0.05) is 18.0 Å². The Kier molecular flexibility index (Phi) is 3.78. The highest BCUT2D eigenvalue weighted by molar-refractivity contribution is 5.82. The van der Waals surface area contributed by atoms with Gasteiger partial charge in [0.05, 0.1) is 5.52 Å². The molecule has 2 aromatic carbocycles. The standard InChI is InChI=1S/C19H16FN/c1-14-10-16-8-5-9-21-19(16)17(11-14)13-18(20)12-15-6-3-2-4-7-15/h2-12H,13H2,1H3/b18-12-. The predicted octanol–water partition coefficient (Wildman–Crippen LogP) is 5.10. The number of fused-ring (bicyclic) bond motifs is 1. The van der Waals surface area contributed by atoms with Crippen molar-refractivity contribution in [2.45, 2.75) is 13.3 Å². The van der Waals surface area contributed by atoms with Gasteiger partial charge >= 0.3 is 0 Å². The van der Waals surface area contributed by atoms with Gasteiger partial charge in [-0.1, -0.05) is 48.0 Å². The molecule has 0 bridgehead atoms. The molecule has 1 aromatic heterocycles. The molecule has 2 heteroatoms. The molecule has 0 aliphatic heterocycles. The van der Waals surface area contributed by atoms with Gasteiger partial charge in [-0.25, -0.2) is 4.39 Å². The largest absolute Gasteiger partial charge is 0.256 e. The topological polar surface area (TPSA) is 12.9 Å². The Morgan fingerprint density at radius 3 is 2.71 bits per heavy atom. The summed E-state index contributed by atoms with van der Waals surface area (Å²) >= 11 is 0. The molecule has 0 atom stereocenters. The maximum absolute atomic E-state index is 14.3. The molecule has 0 unspecified atom stereocenters. The van der Waals surface area contributed by atoms with Crippen LogP contribution in [0.1, 0.15) is 16.7 Å². The van der Waals surface area contributed by atoms with Gasteiger partial charge < -0.3 is 0 Å². The number of halogens is 1. The lowest BCUT2D eigenvalue weighted by atomic mass is 10.0. The Morgan fingerprint density at radius 1 is 1.10 bits per heavy atom. The van der Waals surface area contributed by atoms with Crippen molar-refractivity contribution in [2.75, 3.05) is 0 Å². The van der Waals surface area contributed by atoms with Gasteiger partial charge in [0.2, 0.25) is 0 Å². The average Bonchev–Trinajstić information content (AvgIpc) is 2.48. The first-order valence-corrected chi connectivity index (χ1v) is 6.98. The van der Waals surface area contributed by atoms with Crippen molar-refractivity contribution in [3.63, 3.8) is 0 Å². The van der Waals surface area contributed by atoms with Gasteiger partial charge in [0.25, 0.3) is 0 Å². The highest BCUT2D eigenvalue weighted by Crippen LogP contribution is 2.22. The van der Waals surface area contributed by atoms with Crippen LogP contribution in [0, 0.1) is 6.92 Å². The molecule has 0 amide bonds. The van der Waals surface area contributed by atoms with Gasteiger partial charge in [-0.3, -0.25) is 4.98 Å². The summed E-state index contributed by atoms with van der Waals surface area (Å²) in [7, 11) is 0. The fourth-order valence-electron chi connectivity index (χ4n) is 2.53. The molecule has 0 N–H and O–H groups in total. The summed E-state index contributed by atoms with van der Waals surface area (Å²) in [5.74, 6) is -0.154. The van der Waals surface area contributed by atoms with E-state index < -0.39 is 0 Å². The fourth-order valence-corrected chi connectivity index (χ4v) is 2.53. The number of nitrogens with zero attached hydrogens (tertiary/aromatic N) is 1. The van der Waals surface area contributed by atoms with E-state index in [2.05, 4.69) is 11.1 Å². The van der Waals surface area contributed by atoms with Crippen LogP contribution < -0.4 is 0 Å². The van der Waals surface area contributed by atoms with Crippen LogP contribution in [0.25, 0.3) is 17.0 Å². The van der Waals surface area contributed by atoms with Crippen LogP contribution in [0.5, 0.6) is 0 Å². The first-order valence-electron chi connectivity index (χ1n) is 6.98. The number of hydrogen-bond donors (Lipinski definition) is 0. The number of rotatable bonds is 3. The third kappa shape index (κ3) is 3.16. The lowest BCUT2D eigenvalue weighted by Crippen LogP contribution is -1.92. The highest BCUT2D eigenvalue weighted by atomic mass is 19.1. The summed E-state index contributed by atoms with van der Waals surface area (Å²) in [6.07, 6.45) is 3.60. The maximum Gasteiger partial charge on any atom is 0.105 e. The van der Waals surface area contributed by atoms with E-state index in [1.54, 1.807) is 12.3 Å². The summed E-state index contributed by atoms with van der Waals surface area (Å²) in [4.78, 5) is 4.39. The van der Waals surface area contributed by atoms with Crippen LogP contribution in [0.2, 0.25) is 0 Å². The van der Waals surface area contributed by atoms with E-state index in [0.717, 1.165) is 27.6 Å². The van der Waals surface area contributed by atoms with Crippen molar-refractivity contribution in [1.29, 1.82) is 0 Å². The van der Waals surface area contributed by atoms with E-state index in [1.807, 2.05) is 55.5 Å². The van der Waals surface area contributed by atoms with Crippen LogP contribution in [0.3, 0.4) is 0 Å². The van der Waals surface area contributed by atoms with Crippen LogP contribution in [0.15, 0.2) is 66.6 Å². The molecule has 1 nitrogen and oxygen atoms in total. The SMILES string of the molecule is Cc1cc(C/C(F)=C/c2ccccc2)c2ncccc2c1. The van der Waals surface area contributed by atoms with E-state index in [-0.39, 0.29) is 12.2 Å². The Hall–Kier alpha value is -2.48. The Bertz CT molecular complexity index is 791. The first-order chi connectivity index (χ1) is 10.2. The number of aromatic nitrogens is 1. The lowest BCUT2D eigenvalue weighted by Gasteiger charge is -2.06. The molecule has 1 heterocycles. The van der Waals surface area contributed by atoms with E-state index >= 15 is 0 Å². The first kappa shape index (κ1) is 13.5. The van der Waals surface area contributed by atoms with Crippen molar-refractivity contribution >= 4 is 17.0 Å². The molecule has 0 saturated carbocycles. The summed E-state index contributed by atoms with van der Waals surface area (Å²) < 4.78 is 14.3. The molecule has 3 rings (SSSR count). The van der Waals surface area contributed by atoms with E-state index in [1.165, 1.54) is 0 Å². The molecule has 104 valence electrons. The zero-order chi connectivity index (χ0) is 14.7. The normalized spacial score (nSPS) is 11.8. The van der Waals surface area contributed by atoms with Crippen molar-refractivity contribution < 1.29 is 4.39 Å². The molecule has 0 fully saturated rings. The second kappa shape index (κ2) is 5.88. The quantitative estimate of drug-likeness (QED) is 0.649. The third-order valence-corrected chi connectivity index (χ3v) is 3.41. The van der Waals surface area contributed by atoms with Gasteiger partial charge in [-0.2, -0.15) is 0 Å². The highest BCUT2D eigenvalue weighted by Gasteiger charge is 2.06. The second-order valence-corrected chi connectivity index (χ2v) is 5.18. The van der Waals surface area contributed by atoms with Crippen LogP contribution >= 0.6 is 0 Å². The number of hydrogen-bond acceptors (Lipinski definition) is 1. The van der Waals surface area contributed by atoms with Crippen molar-refractivity contribution in [1.82, 2.24) is 4.98 Å². The molecule has 21 heavy (non-hydrogen) atoms. The van der Waals surface area contributed by atoms with Gasteiger partial charge in [0.15, 0.2) is 0 Å². The summed E-state index contributed by atoms with van der Waals surface area (Å²) in [5, 5.41) is 1.06. The molecular formula is C19H16FN. The minimum absolute atomic E-state index is 0.154. The Labute approximate surface area is 123 Å². The zero-order valence-corrected chi connectivity index (χ0v) is 11.9. The van der Waals surface area contributed by atoms with E-state index in [9.17, 15) is 4.39 Å². The smallest absolute Gasteiger partial charge is 0.105 e. The van der Waals surface area contributed by atoms with Crippen molar-refractivity contribution in [2.24, 2.45) is 0 Å². The Balaban J connectivity index is 1.96. The predicted molar refractivity (Wildman–Crippen MR) is 85.7 cm³/mol. The molecule has 0 radical (unpaired) electrons. The fraction of sp³-hybridized carbons (Fsp3) is 0.105. The molecule has 0 aliphatic carbocycles. The molecule has 0 saturated heterocycles. The Morgan fingerprint density at radius 2 is 1.90 bits per heavy atom. The van der Waals surface area contributed by atoms with Crippen molar-refractivity contribution in [3.05, 3.63) is 83.3 Å². The third-order valence-electron chi connectivity index (χ3n) is 3.41. The number of aryl methyl sites for hydroxylation is 1. The van der Waals surface area contributed by atoms with E-state index in [4.69, 9.17) is 0 Å². The number of allylic oxidation sites excluding steroid dienone is 1. The molecule has 0 spiro atoms. The monoisotopic (exact) mass is 277 g/mol. The van der Waals surface area contributed by atoms with Crippen LogP contribution in [0.4, 0.5) is 4.39 Å². The summed E-state index contributed by atoms with van der Waals surface area (Å²) in [6, 6.07) is 17.5. The summed E-state index contributed by atoms with van der Waals surface area (Å²) in [6.45, 7) is 2.02. The van der Waals surface area contributed by atoms with Crippen LogP contribution in [-0.2, 0) is 6.42 Å². The lowest BCUT2D eigenvalue weighted by molar-refractivity contribution is 0.621. The zero-order valence-electron chi connectivity index (χ0n) is 11.9. The number of pyridine rings is 1. The van der Waals surface area contributed by atoms with Gasteiger partial charge in [-0.05, 0) is 36.3 Å². The van der Waals surface area contributed by atoms with Crippen molar-refractivity contribution in [3.8, 4) is 0 Å². The number of benzene rings is 2. The summed E-state index contributed by atoms with van der Waals surface area (Å²) in [5.41, 5.74) is 3.80. The molecule has 0 aliphatic rings. The van der Waals surface area contributed by atoms with Gasteiger partial charge in [-0.15, -0.1) is 0 Å². The second-order valence-electron chi connectivity index (χ2n) is 5.18. The van der Waals surface area contributed by atoms with E-state index in [0.29, 0.717) is 0 Å².